The first kappa shape index (κ1) is 26.7. The summed E-state index contributed by atoms with van der Waals surface area (Å²) in [4.78, 5) is 26.0. The van der Waals surface area contributed by atoms with Crippen LogP contribution in [0.1, 0.15) is 33.6 Å². The van der Waals surface area contributed by atoms with Crippen molar-refractivity contribution in [3.63, 3.8) is 0 Å². The summed E-state index contributed by atoms with van der Waals surface area (Å²) in [7, 11) is -3.69. The third-order valence-corrected chi connectivity index (χ3v) is 7.31. The maximum absolute atomic E-state index is 14.0. The fourth-order valence-electron chi connectivity index (χ4n) is 5.05. The van der Waals surface area contributed by atoms with Gasteiger partial charge in [-0.1, -0.05) is 12.1 Å². The largest absolute Gasteiger partial charge is 0.484 e. The highest BCUT2D eigenvalue weighted by Gasteiger charge is 2.47. The summed E-state index contributed by atoms with van der Waals surface area (Å²) in [6, 6.07) is 9.80. The second-order valence-corrected chi connectivity index (χ2v) is 11.8. The number of hydrogen-bond donors (Lipinski definition) is 2. The maximum Gasteiger partial charge on any atom is 0.422 e. The average molecular weight is 567 g/mol. The number of nitrogens with zero attached hydrogens (tertiary/aromatic N) is 2. The normalized spacial score (nSPS) is 18.4. The van der Waals surface area contributed by atoms with E-state index in [2.05, 4.69) is 15.7 Å². The second kappa shape index (κ2) is 9.36. The highest BCUT2D eigenvalue weighted by Crippen LogP contribution is 2.44. The average Bonchev–Trinajstić information content (AvgIpc) is 3.34. The van der Waals surface area contributed by atoms with E-state index >= 15 is 0 Å². The van der Waals surface area contributed by atoms with Gasteiger partial charge in [0.05, 0.1) is 16.9 Å². The van der Waals surface area contributed by atoms with Crippen LogP contribution in [0, 0.1) is 5.82 Å². The van der Waals surface area contributed by atoms with Crippen molar-refractivity contribution in [1.29, 1.82) is 0 Å². The molecule has 0 radical (unpaired) electrons. The Morgan fingerprint density at radius 3 is 2.69 bits per heavy atom. The SMILES string of the molecule is CS(=O)(=O)CC(=O)Nc1c2c(nn1-c1cccc(F)c1)C[C@]1(CCc3cc(OCC(F)(F)F)ccc31)NC2=O. The first-order valence-electron chi connectivity index (χ1n) is 11.7. The molecule has 2 heterocycles. The van der Waals surface area contributed by atoms with E-state index in [4.69, 9.17) is 4.74 Å². The van der Waals surface area contributed by atoms with E-state index in [9.17, 15) is 35.6 Å². The summed E-state index contributed by atoms with van der Waals surface area (Å²) in [6.45, 7) is -1.43. The lowest BCUT2D eigenvalue weighted by atomic mass is 9.82. The van der Waals surface area contributed by atoms with Gasteiger partial charge in [-0.3, -0.25) is 9.59 Å². The van der Waals surface area contributed by atoms with Gasteiger partial charge in [-0.25, -0.2) is 17.5 Å². The number of aromatic nitrogens is 2. The summed E-state index contributed by atoms with van der Waals surface area (Å²) in [5.74, 6) is -2.98. The molecule has 206 valence electrons. The van der Waals surface area contributed by atoms with Crippen LogP contribution in [0.2, 0.25) is 0 Å². The van der Waals surface area contributed by atoms with Gasteiger partial charge >= 0.3 is 6.18 Å². The van der Waals surface area contributed by atoms with E-state index < -0.39 is 51.5 Å². The number of carbonyl (C=O) groups excluding carboxylic acids is 2. The van der Waals surface area contributed by atoms with E-state index in [1.54, 1.807) is 6.07 Å². The fraction of sp³-hybridized carbons (Fsp3) is 0.320. The van der Waals surface area contributed by atoms with Gasteiger partial charge < -0.3 is 15.4 Å². The molecule has 2 N–H and O–H groups in total. The quantitative estimate of drug-likeness (QED) is 0.443. The first-order chi connectivity index (χ1) is 18.2. The number of rotatable bonds is 6. The zero-order valence-corrected chi connectivity index (χ0v) is 21.2. The number of nitrogens with one attached hydrogen (secondary N) is 2. The Hall–Kier alpha value is -3.94. The van der Waals surface area contributed by atoms with Crippen LogP contribution in [0.25, 0.3) is 5.69 Å². The van der Waals surface area contributed by atoms with Gasteiger partial charge in [0.2, 0.25) is 5.91 Å². The number of hydrogen-bond acceptors (Lipinski definition) is 6. The fourth-order valence-corrected chi connectivity index (χ4v) is 5.60. The van der Waals surface area contributed by atoms with Crippen LogP contribution in [0.4, 0.5) is 23.4 Å². The number of carbonyl (C=O) groups is 2. The molecular weight excluding hydrogens is 544 g/mol. The van der Waals surface area contributed by atoms with E-state index in [-0.39, 0.29) is 34.9 Å². The number of amides is 2. The molecule has 0 saturated heterocycles. The van der Waals surface area contributed by atoms with Gasteiger partial charge in [-0.05, 0) is 54.3 Å². The van der Waals surface area contributed by atoms with Gasteiger partial charge in [-0.15, -0.1) is 0 Å². The lowest BCUT2D eigenvalue weighted by Gasteiger charge is -2.35. The minimum absolute atomic E-state index is 0.00492. The summed E-state index contributed by atoms with van der Waals surface area (Å²) in [5, 5.41) is 9.91. The Balaban J connectivity index is 1.53. The van der Waals surface area contributed by atoms with Gasteiger partial charge in [0.25, 0.3) is 5.91 Å². The molecule has 1 aromatic heterocycles. The van der Waals surface area contributed by atoms with Crippen LogP contribution in [0.5, 0.6) is 5.75 Å². The van der Waals surface area contributed by atoms with Crippen molar-refractivity contribution in [3.8, 4) is 11.4 Å². The van der Waals surface area contributed by atoms with Gasteiger partial charge in [0, 0.05) is 12.7 Å². The van der Waals surface area contributed by atoms with Gasteiger partial charge in [-0.2, -0.15) is 18.3 Å². The Morgan fingerprint density at radius 1 is 1.23 bits per heavy atom. The molecule has 2 aromatic carbocycles. The zero-order chi connectivity index (χ0) is 28.2. The van der Waals surface area contributed by atoms with Crippen LogP contribution in [-0.2, 0) is 33.0 Å². The third kappa shape index (κ3) is 5.46. The molecule has 9 nitrogen and oxygen atoms in total. The molecule has 0 fully saturated rings. The summed E-state index contributed by atoms with van der Waals surface area (Å²) in [6.07, 6.45) is -2.54. The number of sulfone groups is 1. The first-order valence-corrected chi connectivity index (χ1v) is 13.8. The van der Waals surface area contributed by atoms with Crippen molar-refractivity contribution < 1.29 is 40.3 Å². The van der Waals surface area contributed by atoms with Gasteiger partial charge in [0.1, 0.15) is 28.7 Å². The second-order valence-electron chi connectivity index (χ2n) is 9.62. The molecular formula is C25H22F4N4O5S. The van der Waals surface area contributed by atoms with Crippen LogP contribution >= 0.6 is 0 Å². The van der Waals surface area contributed by atoms with Crippen LogP contribution in [0.3, 0.4) is 0 Å². The molecule has 39 heavy (non-hydrogen) atoms. The Bertz CT molecular complexity index is 1600. The van der Waals surface area contributed by atoms with Crippen molar-refractivity contribution in [2.75, 3.05) is 23.9 Å². The van der Waals surface area contributed by atoms with Crippen molar-refractivity contribution in [1.82, 2.24) is 15.1 Å². The standard InChI is InChI=1S/C25H22F4N4O5S/c1-39(36,37)12-20(34)30-22-21-19(32-33(22)16-4-2-3-15(26)10-16)11-24(31-23(21)35)8-7-14-9-17(5-6-18(14)24)38-13-25(27,28)29/h2-6,9-10H,7-8,11-13H2,1H3,(H,30,34)(H,31,35)/t24-/m0/s1. The number of halogens is 4. The number of benzene rings is 2. The monoisotopic (exact) mass is 566 g/mol. The van der Waals surface area contributed by atoms with E-state index in [1.165, 1.54) is 35.0 Å². The molecule has 1 spiro atoms. The van der Waals surface area contributed by atoms with Crippen molar-refractivity contribution in [2.24, 2.45) is 0 Å². The van der Waals surface area contributed by atoms with E-state index in [0.717, 1.165) is 12.3 Å². The van der Waals surface area contributed by atoms with Crippen LogP contribution < -0.4 is 15.4 Å². The van der Waals surface area contributed by atoms with Crippen molar-refractivity contribution in [2.45, 2.75) is 31.0 Å². The molecule has 14 heteroatoms. The van der Waals surface area contributed by atoms with Crippen molar-refractivity contribution in [3.05, 3.63) is 70.7 Å². The molecule has 5 rings (SSSR count). The predicted octanol–water partition coefficient (Wildman–Crippen LogP) is 3.06. The smallest absolute Gasteiger partial charge is 0.422 e. The highest BCUT2D eigenvalue weighted by molar-refractivity contribution is 7.91. The maximum atomic E-state index is 14.0. The Morgan fingerprint density at radius 2 is 2.00 bits per heavy atom. The number of anilines is 1. The molecule has 1 atom stereocenters. The predicted molar refractivity (Wildman–Crippen MR) is 131 cm³/mol. The molecule has 2 amide bonds. The highest BCUT2D eigenvalue weighted by atomic mass is 32.2. The molecule has 1 aliphatic heterocycles. The minimum Gasteiger partial charge on any atom is -0.484 e. The molecule has 2 aliphatic rings. The Kier molecular flexibility index (Phi) is 6.40. The Labute approximate surface area is 220 Å². The zero-order valence-electron chi connectivity index (χ0n) is 20.4. The third-order valence-electron chi connectivity index (χ3n) is 6.53. The molecule has 0 saturated carbocycles. The molecule has 0 bridgehead atoms. The lowest BCUT2D eigenvalue weighted by molar-refractivity contribution is -0.153. The number of aryl methyl sites for hydroxylation is 1. The van der Waals surface area contributed by atoms with Gasteiger partial charge in [0.15, 0.2) is 16.4 Å². The summed E-state index contributed by atoms with van der Waals surface area (Å²) < 4.78 is 81.1. The van der Waals surface area contributed by atoms with Crippen LogP contribution in [-0.4, -0.2) is 54.8 Å². The topological polar surface area (TPSA) is 119 Å². The van der Waals surface area contributed by atoms with Crippen molar-refractivity contribution >= 4 is 27.5 Å². The van der Waals surface area contributed by atoms with E-state index in [1.807, 2.05) is 0 Å². The lowest BCUT2D eigenvalue weighted by Crippen LogP contribution is -2.49. The number of fused-ring (bicyclic) bond motifs is 3. The molecule has 0 unspecified atom stereocenters. The summed E-state index contributed by atoms with van der Waals surface area (Å²) in [5.41, 5.74) is 0.970. The number of ether oxygens (including phenoxy) is 1. The minimum atomic E-state index is -4.48. The molecule has 1 aliphatic carbocycles. The summed E-state index contributed by atoms with van der Waals surface area (Å²) >= 11 is 0. The number of alkyl halides is 3. The van der Waals surface area contributed by atoms with E-state index in [0.29, 0.717) is 24.0 Å². The van der Waals surface area contributed by atoms with Crippen LogP contribution in [0.15, 0.2) is 42.5 Å². The molecule has 3 aromatic rings.